The molecule has 1 aliphatic carbocycles. The summed E-state index contributed by atoms with van der Waals surface area (Å²) >= 11 is 0. The van der Waals surface area contributed by atoms with E-state index in [9.17, 15) is 5.11 Å². The van der Waals surface area contributed by atoms with Crippen molar-refractivity contribution in [1.29, 1.82) is 0 Å². The minimum Gasteiger partial charge on any atom is -0.496 e. The molecule has 0 aliphatic heterocycles. The van der Waals surface area contributed by atoms with Gasteiger partial charge in [-0.3, -0.25) is 0 Å². The Hall–Kier alpha value is -0.500. The average Bonchev–Trinajstić information content (AvgIpc) is 2.18. The second kappa shape index (κ2) is 5.02. The van der Waals surface area contributed by atoms with Crippen LogP contribution in [0.2, 0.25) is 0 Å². The van der Waals surface area contributed by atoms with Gasteiger partial charge in [0.05, 0.1) is 6.61 Å². The Labute approximate surface area is 93.3 Å². The lowest BCUT2D eigenvalue weighted by atomic mass is 9.74. The molecule has 0 saturated heterocycles. The summed E-state index contributed by atoms with van der Waals surface area (Å²) in [4.78, 5) is 0. The van der Waals surface area contributed by atoms with Gasteiger partial charge in [-0.1, -0.05) is 26.3 Å². The highest BCUT2D eigenvalue weighted by Crippen LogP contribution is 2.38. The molecule has 1 N–H and O–H groups in total. The van der Waals surface area contributed by atoms with Crippen molar-refractivity contribution in [2.45, 2.75) is 52.1 Å². The molecular formula is C13H24O2. The van der Waals surface area contributed by atoms with E-state index >= 15 is 0 Å². The first-order chi connectivity index (χ1) is 6.98. The smallest absolute Gasteiger partial charge is 0.121 e. The highest BCUT2D eigenvalue weighted by molar-refractivity contribution is 5.06. The van der Waals surface area contributed by atoms with Gasteiger partial charge in [-0.15, -0.1) is 0 Å². The molecule has 1 fully saturated rings. The van der Waals surface area contributed by atoms with Gasteiger partial charge in [0.25, 0.3) is 0 Å². The summed E-state index contributed by atoms with van der Waals surface area (Å²) in [6.07, 6.45) is 4.58. The molecule has 1 unspecified atom stereocenters. The molecule has 1 saturated carbocycles. The second-order valence-electron chi connectivity index (χ2n) is 4.96. The number of ether oxygens (including phenoxy) is 1. The predicted octanol–water partition coefficient (Wildman–Crippen LogP) is 3.11. The van der Waals surface area contributed by atoms with Gasteiger partial charge in [0, 0.05) is 0 Å². The van der Waals surface area contributed by atoms with E-state index in [4.69, 9.17) is 4.74 Å². The third-order valence-corrected chi connectivity index (χ3v) is 3.69. The fourth-order valence-corrected chi connectivity index (χ4v) is 2.37. The molecule has 0 aromatic rings. The van der Waals surface area contributed by atoms with Gasteiger partial charge in [-0.05, 0) is 38.5 Å². The molecule has 0 aromatic heterocycles. The summed E-state index contributed by atoms with van der Waals surface area (Å²) < 4.78 is 5.34. The maximum atomic E-state index is 10.4. The molecule has 0 spiro atoms. The normalized spacial score (nSPS) is 30.7. The Morgan fingerprint density at radius 3 is 2.40 bits per heavy atom. The Kier molecular flexibility index (Phi) is 4.21. The van der Waals surface area contributed by atoms with Crippen molar-refractivity contribution in [2.24, 2.45) is 11.8 Å². The standard InChI is InChI=1S/C13H24O2/c1-5-15-11(3)13(4,14)12-8-6-10(2)7-9-12/h10,12,14H,3,5-9H2,1-2,4H3. The maximum Gasteiger partial charge on any atom is 0.121 e. The van der Waals surface area contributed by atoms with E-state index < -0.39 is 5.60 Å². The summed E-state index contributed by atoms with van der Waals surface area (Å²) in [5.41, 5.74) is -0.851. The van der Waals surface area contributed by atoms with Crippen LogP contribution in [0, 0.1) is 11.8 Å². The van der Waals surface area contributed by atoms with Crippen molar-refractivity contribution < 1.29 is 9.84 Å². The molecule has 2 nitrogen and oxygen atoms in total. The Morgan fingerprint density at radius 1 is 1.40 bits per heavy atom. The van der Waals surface area contributed by atoms with E-state index in [1.807, 2.05) is 13.8 Å². The molecular weight excluding hydrogens is 188 g/mol. The van der Waals surface area contributed by atoms with Crippen LogP contribution in [0.5, 0.6) is 0 Å². The van der Waals surface area contributed by atoms with E-state index in [1.54, 1.807) is 0 Å². The molecule has 0 radical (unpaired) electrons. The van der Waals surface area contributed by atoms with Crippen molar-refractivity contribution in [3.05, 3.63) is 12.3 Å². The summed E-state index contributed by atoms with van der Waals surface area (Å²) in [6.45, 7) is 10.5. The highest BCUT2D eigenvalue weighted by Gasteiger charge is 2.37. The average molecular weight is 212 g/mol. The van der Waals surface area contributed by atoms with Gasteiger partial charge in [0.15, 0.2) is 0 Å². The Morgan fingerprint density at radius 2 is 1.93 bits per heavy atom. The van der Waals surface area contributed by atoms with Gasteiger partial charge in [0.2, 0.25) is 0 Å². The molecule has 0 bridgehead atoms. The van der Waals surface area contributed by atoms with Gasteiger partial charge in [-0.2, -0.15) is 0 Å². The van der Waals surface area contributed by atoms with E-state index in [0.717, 1.165) is 18.8 Å². The summed E-state index contributed by atoms with van der Waals surface area (Å²) in [5.74, 6) is 1.65. The van der Waals surface area contributed by atoms with Crippen molar-refractivity contribution >= 4 is 0 Å². The Bertz CT molecular complexity index is 213. The van der Waals surface area contributed by atoms with Crippen LogP contribution >= 0.6 is 0 Å². The summed E-state index contributed by atoms with van der Waals surface area (Å²) in [6, 6.07) is 0. The third-order valence-electron chi connectivity index (χ3n) is 3.69. The van der Waals surface area contributed by atoms with Gasteiger partial charge in [-0.25, -0.2) is 0 Å². The van der Waals surface area contributed by atoms with Crippen LogP contribution in [-0.4, -0.2) is 17.3 Å². The van der Waals surface area contributed by atoms with Gasteiger partial charge >= 0.3 is 0 Å². The number of rotatable bonds is 4. The zero-order valence-electron chi connectivity index (χ0n) is 10.3. The largest absolute Gasteiger partial charge is 0.496 e. The minimum atomic E-state index is -0.851. The van der Waals surface area contributed by atoms with Crippen LogP contribution in [0.1, 0.15) is 46.5 Å². The van der Waals surface area contributed by atoms with Gasteiger partial charge in [0.1, 0.15) is 11.4 Å². The first-order valence-corrected chi connectivity index (χ1v) is 6.03. The topological polar surface area (TPSA) is 29.5 Å². The first kappa shape index (κ1) is 12.6. The van der Waals surface area contributed by atoms with Gasteiger partial charge < -0.3 is 9.84 Å². The lowest BCUT2D eigenvalue weighted by Gasteiger charge is -2.38. The first-order valence-electron chi connectivity index (χ1n) is 6.03. The van der Waals surface area contributed by atoms with Crippen LogP contribution in [0.25, 0.3) is 0 Å². The third kappa shape index (κ3) is 2.97. The van der Waals surface area contributed by atoms with Crippen LogP contribution in [0.4, 0.5) is 0 Å². The van der Waals surface area contributed by atoms with Crippen molar-refractivity contribution in [1.82, 2.24) is 0 Å². The molecule has 88 valence electrons. The lowest BCUT2D eigenvalue weighted by molar-refractivity contribution is -0.0345. The second-order valence-corrected chi connectivity index (χ2v) is 4.96. The lowest BCUT2D eigenvalue weighted by Crippen LogP contribution is -2.39. The van der Waals surface area contributed by atoms with Crippen LogP contribution < -0.4 is 0 Å². The molecule has 2 heteroatoms. The molecule has 1 rings (SSSR count). The van der Waals surface area contributed by atoms with Crippen LogP contribution in [0.3, 0.4) is 0 Å². The number of hydrogen-bond donors (Lipinski definition) is 1. The quantitative estimate of drug-likeness (QED) is 0.725. The van der Waals surface area contributed by atoms with Crippen LogP contribution in [-0.2, 0) is 4.74 Å². The zero-order chi connectivity index (χ0) is 11.5. The van der Waals surface area contributed by atoms with E-state index in [2.05, 4.69) is 13.5 Å². The molecule has 0 aromatic carbocycles. The minimum absolute atomic E-state index is 0.313. The van der Waals surface area contributed by atoms with Crippen molar-refractivity contribution in [2.75, 3.05) is 6.61 Å². The maximum absolute atomic E-state index is 10.4. The number of aliphatic hydroxyl groups is 1. The monoisotopic (exact) mass is 212 g/mol. The van der Waals surface area contributed by atoms with Crippen molar-refractivity contribution in [3.63, 3.8) is 0 Å². The number of hydrogen-bond acceptors (Lipinski definition) is 2. The molecule has 0 amide bonds. The molecule has 15 heavy (non-hydrogen) atoms. The van der Waals surface area contributed by atoms with Crippen molar-refractivity contribution in [3.8, 4) is 0 Å². The molecule has 1 atom stereocenters. The summed E-state index contributed by atoms with van der Waals surface area (Å²) in [5, 5.41) is 10.4. The van der Waals surface area contributed by atoms with E-state index in [-0.39, 0.29) is 0 Å². The zero-order valence-corrected chi connectivity index (χ0v) is 10.3. The Balaban J connectivity index is 2.56. The van der Waals surface area contributed by atoms with E-state index in [1.165, 1.54) is 12.8 Å². The van der Waals surface area contributed by atoms with Crippen LogP contribution in [0.15, 0.2) is 12.3 Å². The predicted molar refractivity (Wildman–Crippen MR) is 62.5 cm³/mol. The summed E-state index contributed by atoms with van der Waals surface area (Å²) in [7, 11) is 0. The molecule has 0 heterocycles. The highest BCUT2D eigenvalue weighted by atomic mass is 16.5. The fraction of sp³-hybridized carbons (Fsp3) is 0.846. The fourth-order valence-electron chi connectivity index (χ4n) is 2.37. The van der Waals surface area contributed by atoms with E-state index in [0.29, 0.717) is 18.3 Å². The SMILES string of the molecule is C=C(OCC)C(C)(O)C1CCC(C)CC1. The molecule has 1 aliphatic rings.